The Morgan fingerprint density at radius 3 is 1.97 bits per heavy atom. The Labute approximate surface area is 197 Å². The lowest BCUT2D eigenvalue weighted by Crippen LogP contribution is -2.53. The van der Waals surface area contributed by atoms with Gasteiger partial charge in [0.2, 0.25) is 11.8 Å². The molecule has 0 bridgehead atoms. The van der Waals surface area contributed by atoms with Crippen LogP contribution in [0.25, 0.3) is 0 Å². The van der Waals surface area contributed by atoms with Crippen LogP contribution in [0.3, 0.4) is 0 Å². The molecule has 0 unspecified atom stereocenters. The standard InChI is InChI=1S/C25H42N2O6/c1-33-25(32)20-15-11-6-4-2-3-5-10-14-19(16-18-12-8-7-9-13-18)23(30)27-21(17-22(28)29)24(31)26-20/h18-21H,2-17H2,1H3,(H,26,31)(H,27,30)(H,28,29)/t19-,20+,21+/m1/s1. The Kier molecular flexibility index (Phi) is 12.3. The van der Waals surface area contributed by atoms with Crippen LogP contribution in [0.15, 0.2) is 0 Å². The Bertz CT molecular complexity index is 647. The fourth-order valence-electron chi connectivity index (χ4n) is 5.14. The molecule has 1 aliphatic carbocycles. The number of aliphatic carboxylic acids is 1. The zero-order valence-corrected chi connectivity index (χ0v) is 20.1. The van der Waals surface area contributed by atoms with Crippen molar-refractivity contribution in [2.24, 2.45) is 11.8 Å². The van der Waals surface area contributed by atoms with Crippen molar-refractivity contribution in [1.82, 2.24) is 10.6 Å². The van der Waals surface area contributed by atoms with Gasteiger partial charge in [0.1, 0.15) is 12.1 Å². The molecule has 0 radical (unpaired) electrons. The van der Waals surface area contributed by atoms with Crippen molar-refractivity contribution in [3.63, 3.8) is 0 Å². The molecule has 2 amide bonds. The van der Waals surface area contributed by atoms with E-state index in [9.17, 15) is 24.3 Å². The van der Waals surface area contributed by atoms with Crippen molar-refractivity contribution in [2.75, 3.05) is 7.11 Å². The first kappa shape index (κ1) is 27.1. The van der Waals surface area contributed by atoms with E-state index in [4.69, 9.17) is 4.74 Å². The van der Waals surface area contributed by atoms with E-state index in [0.29, 0.717) is 12.3 Å². The van der Waals surface area contributed by atoms with Gasteiger partial charge in [0, 0.05) is 5.92 Å². The first-order valence-corrected chi connectivity index (χ1v) is 12.8. The smallest absolute Gasteiger partial charge is 0.328 e. The molecule has 2 rings (SSSR count). The molecule has 1 saturated heterocycles. The Morgan fingerprint density at radius 1 is 0.818 bits per heavy atom. The van der Waals surface area contributed by atoms with Crippen LogP contribution in [0.1, 0.15) is 103 Å². The summed E-state index contributed by atoms with van der Waals surface area (Å²) >= 11 is 0. The number of nitrogens with one attached hydrogen (secondary N) is 2. The third kappa shape index (κ3) is 10.1. The summed E-state index contributed by atoms with van der Waals surface area (Å²) in [5, 5.41) is 14.7. The van der Waals surface area contributed by atoms with Crippen LogP contribution >= 0.6 is 0 Å². The predicted molar refractivity (Wildman–Crippen MR) is 124 cm³/mol. The fourth-order valence-corrected chi connectivity index (χ4v) is 5.14. The molecule has 0 spiro atoms. The summed E-state index contributed by atoms with van der Waals surface area (Å²) in [4.78, 5) is 49.7. The maximum absolute atomic E-state index is 13.2. The second-order valence-electron chi connectivity index (χ2n) is 9.73. The van der Waals surface area contributed by atoms with Gasteiger partial charge in [-0.1, -0.05) is 77.0 Å². The molecule has 3 atom stereocenters. The van der Waals surface area contributed by atoms with E-state index in [1.165, 1.54) is 26.4 Å². The maximum atomic E-state index is 13.2. The van der Waals surface area contributed by atoms with Crippen LogP contribution in [-0.2, 0) is 23.9 Å². The molecule has 1 heterocycles. The summed E-state index contributed by atoms with van der Waals surface area (Å²) in [5.41, 5.74) is 0. The number of rotatable bonds is 5. The van der Waals surface area contributed by atoms with Gasteiger partial charge in [-0.15, -0.1) is 0 Å². The largest absolute Gasteiger partial charge is 0.481 e. The summed E-state index contributed by atoms with van der Waals surface area (Å²) in [6.07, 6.45) is 14.4. The summed E-state index contributed by atoms with van der Waals surface area (Å²) < 4.78 is 4.83. The number of esters is 1. The van der Waals surface area contributed by atoms with Crippen LogP contribution in [-0.4, -0.2) is 48.1 Å². The molecular formula is C25H42N2O6. The first-order valence-electron chi connectivity index (χ1n) is 12.8. The molecule has 1 aliphatic heterocycles. The van der Waals surface area contributed by atoms with Crippen LogP contribution in [0.2, 0.25) is 0 Å². The number of amides is 2. The number of carboxylic acids is 1. The van der Waals surface area contributed by atoms with Gasteiger partial charge in [-0.3, -0.25) is 14.4 Å². The maximum Gasteiger partial charge on any atom is 0.328 e. The minimum Gasteiger partial charge on any atom is -0.481 e. The molecule has 1 saturated carbocycles. The highest BCUT2D eigenvalue weighted by Crippen LogP contribution is 2.31. The van der Waals surface area contributed by atoms with E-state index >= 15 is 0 Å². The van der Waals surface area contributed by atoms with E-state index in [-0.39, 0.29) is 11.8 Å². The average molecular weight is 467 g/mol. The van der Waals surface area contributed by atoms with Gasteiger partial charge >= 0.3 is 11.9 Å². The quantitative estimate of drug-likeness (QED) is 0.531. The van der Waals surface area contributed by atoms with Gasteiger partial charge < -0.3 is 20.5 Å². The molecular weight excluding hydrogens is 424 g/mol. The lowest BCUT2D eigenvalue weighted by Gasteiger charge is -2.28. The molecule has 2 fully saturated rings. The fraction of sp³-hybridized carbons (Fsp3) is 0.840. The summed E-state index contributed by atoms with van der Waals surface area (Å²) in [7, 11) is 1.26. The minimum atomic E-state index is -1.22. The van der Waals surface area contributed by atoms with Crippen molar-refractivity contribution < 1.29 is 29.0 Å². The van der Waals surface area contributed by atoms with Crippen LogP contribution < -0.4 is 10.6 Å². The van der Waals surface area contributed by atoms with Gasteiger partial charge in [0.05, 0.1) is 13.5 Å². The van der Waals surface area contributed by atoms with Crippen molar-refractivity contribution in [3.05, 3.63) is 0 Å². The molecule has 8 heteroatoms. The third-order valence-corrected chi connectivity index (χ3v) is 7.07. The van der Waals surface area contributed by atoms with Crippen molar-refractivity contribution in [1.29, 1.82) is 0 Å². The molecule has 2 aliphatic rings. The van der Waals surface area contributed by atoms with Crippen molar-refractivity contribution in [3.8, 4) is 0 Å². The van der Waals surface area contributed by atoms with Gasteiger partial charge in [-0.25, -0.2) is 4.79 Å². The van der Waals surface area contributed by atoms with E-state index < -0.39 is 36.4 Å². The zero-order valence-electron chi connectivity index (χ0n) is 20.1. The average Bonchev–Trinajstić information content (AvgIpc) is 2.80. The normalized spacial score (nSPS) is 27.2. The number of carbonyl (C=O) groups is 4. The molecule has 3 N–H and O–H groups in total. The number of hydrogen-bond acceptors (Lipinski definition) is 5. The summed E-state index contributed by atoms with van der Waals surface area (Å²) in [5.74, 6) is -2.34. The van der Waals surface area contributed by atoms with Gasteiger partial charge in [-0.2, -0.15) is 0 Å². The zero-order chi connectivity index (χ0) is 24.1. The molecule has 0 aromatic heterocycles. The number of methoxy groups -OCH3 is 1. The Hall–Kier alpha value is -2.12. The second kappa shape index (κ2) is 14.9. The van der Waals surface area contributed by atoms with Crippen molar-refractivity contribution in [2.45, 2.75) is 115 Å². The lowest BCUT2D eigenvalue weighted by molar-refractivity contribution is -0.146. The van der Waals surface area contributed by atoms with E-state index in [1.807, 2.05) is 0 Å². The van der Waals surface area contributed by atoms with Gasteiger partial charge in [-0.05, 0) is 25.2 Å². The predicted octanol–water partition coefficient (Wildman–Crippen LogP) is 3.71. The SMILES string of the molecule is COC(=O)[C@@H]1CCCCCCCCC[C@H](CC2CCCCC2)C(=O)N[C@@H](CC(=O)O)C(=O)N1. The lowest BCUT2D eigenvalue weighted by atomic mass is 9.81. The van der Waals surface area contributed by atoms with E-state index in [1.54, 1.807) is 0 Å². The Balaban J connectivity index is 2.16. The number of hydrogen-bond donors (Lipinski definition) is 3. The highest BCUT2D eigenvalue weighted by atomic mass is 16.5. The van der Waals surface area contributed by atoms with Crippen molar-refractivity contribution >= 4 is 23.8 Å². The number of ether oxygens (including phenoxy) is 1. The molecule has 0 aromatic rings. The monoisotopic (exact) mass is 466 g/mol. The van der Waals surface area contributed by atoms with Gasteiger partial charge in [0.25, 0.3) is 0 Å². The molecule has 0 aromatic carbocycles. The number of carboxylic acid groups (broad SMARTS) is 1. The molecule has 188 valence electrons. The van der Waals surface area contributed by atoms with Gasteiger partial charge in [0.15, 0.2) is 0 Å². The first-order chi connectivity index (χ1) is 15.9. The molecule has 33 heavy (non-hydrogen) atoms. The van der Waals surface area contributed by atoms with E-state index in [2.05, 4.69) is 10.6 Å². The highest BCUT2D eigenvalue weighted by Gasteiger charge is 2.31. The third-order valence-electron chi connectivity index (χ3n) is 7.07. The summed E-state index contributed by atoms with van der Waals surface area (Å²) in [6, 6.07) is -2.06. The van der Waals surface area contributed by atoms with Crippen LogP contribution in [0, 0.1) is 11.8 Å². The van der Waals surface area contributed by atoms with E-state index in [0.717, 1.165) is 70.6 Å². The Morgan fingerprint density at radius 2 is 1.36 bits per heavy atom. The summed E-state index contributed by atoms with van der Waals surface area (Å²) in [6.45, 7) is 0. The highest BCUT2D eigenvalue weighted by molar-refractivity contribution is 5.93. The minimum absolute atomic E-state index is 0.221. The van der Waals surface area contributed by atoms with Crippen LogP contribution in [0.5, 0.6) is 0 Å². The second-order valence-corrected chi connectivity index (χ2v) is 9.73. The number of carbonyl (C=O) groups excluding carboxylic acids is 3. The van der Waals surface area contributed by atoms with Crippen LogP contribution in [0.4, 0.5) is 0 Å². The molecule has 8 nitrogen and oxygen atoms in total. The topological polar surface area (TPSA) is 122 Å².